The normalized spacial score (nSPS) is 11.6. The molecule has 4 heteroatoms. The molecule has 210 valence electrons. The zero-order valence-corrected chi connectivity index (χ0v) is 24.2. The number of aromatic nitrogens is 3. The molecule has 0 bridgehead atoms. The van der Waals surface area contributed by atoms with E-state index < -0.39 is 0 Å². The lowest BCUT2D eigenvalue weighted by Gasteiger charge is -2.14. The predicted octanol–water partition coefficient (Wildman–Crippen LogP) is 10.7. The number of benzene rings is 7. The molecule has 0 saturated heterocycles. The third-order valence-corrected chi connectivity index (χ3v) is 8.56. The Balaban J connectivity index is 1.26. The molecule has 0 radical (unpaired) electrons. The molecule has 0 N–H and O–H groups in total. The maximum absolute atomic E-state index is 6.39. The second kappa shape index (κ2) is 10.2. The van der Waals surface area contributed by atoms with Crippen LogP contribution in [0.1, 0.15) is 0 Å². The van der Waals surface area contributed by atoms with E-state index in [1.165, 1.54) is 0 Å². The van der Waals surface area contributed by atoms with Gasteiger partial charge < -0.3 is 4.42 Å². The Bertz CT molecular complexity index is 2480. The van der Waals surface area contributed by atoms with E-state index in [2.05, 4.69) is 78.9 Å². The number of rotatable bonds is 4. The molecule has 7 aromatic carbocycles. The summed E-state index contributed by atoms with van der Waals surface area (Å²) in [4.78, 5) is 14.9. The molecular weight excluding hydrogens is 550 g/mol. The number of hydrogen-bond acceptors (Lipinski definition) is 4. The van der Waals surface area contributed by atoms with E-state index in [1.807, 2.05) is 72.8 Å². The van der Waals surface area contributed by atoms with Crippen molar-refractivity contribution in [1.82, 2.24) is 15.0 Å². The third kappa shape index (κ3) is 4.19. The van der Waals surface area contributed by atoms with Gasteiger partial charge in [0.05, 0.1) is 0 Å². The summed E-state index contributed by atoms with van der Waals surface area (Å²) in [7, 11) is 0. The Labute approximate surface area is 259 Å². The van der Waals surface area contributed by atoms with E-state index in [4.69, 9.17) is 19.4 Å². The number of para-hydroxylation sites is 1. The Morgan fingerprint density at radius 1 is 0.311 bits per heavy atom. The van der Waals surface area contributed by atoms with Gasteiger partial charge in [-0.05, 0) is 45.5 Å². The molecule has 0 spiro atoms. The van der Waals surface area contributed by atoms with Crippen molar-refractivity contribution in [2.24, 2.45) is 0 Å². The predicted molar refractivity (Wildman–Crippen MR) is 184 cm³/mol. The quantitative estimate of drug-likeness (QED) is 0.209. The summed E-state index contributed by atoms with van der Waals surface area (Å²) in [6.45, 7) is 0. The maximum atomic E-state index is 6.39. The summed E-state index contributed by atoms with van der Waals surface area (Å²) in [5.74, 6) is 1.94. The molecule has 0 aliphatic rings. The van der Waals surface area contributed by atoms with Crippen LogP contribution in [0.25, 0.3) is 88.8 Å². The van der Waals surface area contributed by atoms with Gasteiger partial charge in [-0.3, -0.25) is 0 Å². The van der Waals surface area contributed by atoms with Crippen molar-refractivity contribution in [3.05, 3.63) is 152 Å². The Morgan fingerprint density at radius 2 is 0.778 bits per heavy atom. The zero-order chi connectivity index (χ0) is 29.7. The molecule has 2 heterocycles. The lowest BCUT2D eigenvalue weighted by atomic mass is 9.91. The average molecular weight is 576 g/mol. The summed E-state index contributed by atoms with van der Waals surface area (Å²) < 4.78 is 6.39. The fourth-order valence-electron chi connectivity index (χ4n) is 6.43. The van der Waals surface area contributed by atoms with Crippen LogP contribution in [-0.2, 0) is 0 Å². The molecule has 4 nitrogen and oxygen atoms in total. The summed E-state index contributed by atoms with van der Waals surface area (Å²) in [6, 6.07) is 52.2. The average Bonchev–Trinajstić information content (AvgIpc) is 3.51. The van der Waals surface area contributed by atoms with Crippen molar-refractivity contribution in [2.45, 2.75) is 0 Å². The standard InChI is InChI=1S/C41H25N3O/c1-3-12-26(13-4-1)39-42-40(27-14-5-2-6-15-27)44-41(43-39)36-25-23-31(28-16-7-8-17-30(28)36)29-19-11-20-34-32(29)22-24-35-33-18-9-10-21-37(33)45-38(34)35/h1-25H. The minimum atomic E-state index is 0.646. The SMILES string of the molecule is c1ccc(-c2nc(-c3ccccc3)nc(-c3ccc(-c4cccc5c4ccc4c6ccccc6oc54)c4ccccc34)n2)cc1. The highest BCUT2D eigenvalue weighted by Gasteiger charge is 2.18. The first-order valence-corrected chi connectivity index (χ1v) is 15.0. The highest BCUT2D eigenvalue weighted by molar-refractivity contribution is 6.18. The van der Waals surface area contributed by atoms with Crippen molar-refractivity contribution in [2.75, 3.05) is 0 Å². The van der Waals surface area contributed by atoms with E-state index in [-0.39, 0.29) is 0 Å². The first-order chi connectivity index (χ1) is 22.3. The molecule has 9 rings (SSSR count). The molecule has 0 aliphatic heterocycles. The fraction of sp³-hybridized carbons (Fsp3) is 0. The van der Waals surface area contributed by atoms with Crippen LogP contribution in [-0.4, -0.2) is 15.0 Å². The monoisotopic (exact) mass is 575 g/mol. The van der Waals surface area contributed by atoms with Gasteiger partial charge in [0.2, 0.25) is 0 Å². The van der Waals surface area contributed by atoms with Crippen LogP contribution in [0.5, 0.6) is 0 Å². The molecule has 9 aromatic rings. The third-order valence-electron chi connectivity index (χ3n) is 8.56. The minimum Gasteiger partial charge on any atom is -0.455 e. The van der Waals surface area contributed by atoms with E-state index in [9.17, 15) is 0 Å². The van der Waals surface area contributed by atoms with Crippen LogP contribution in [0.3, 0.4) is 0 Å². The number of fused-ring (bicyclic) bond motifs is 6. The van der Waals surface area contributed by atoms with Gasteiger partial charge in [0.1, 0.15) is 11.2 Å². The molecule has 45 heavy (non-hydrogen) atoms. The smallest absolute Gasteiger partial charge is 0.164 e. The topological polar surface area (TPSA) is 51.8 Å². The van der Waals surface area contributed by atoms with Gasteiger partial charge in [-0.1, -0.05) is 133 Å². The van der Waals surface area contributed by atoms with Crippen molar-refractivity contribution >= 4 is 43.5 Å². The Kier molecular flexibility index (Phi) is 5.78. The highest BCUT2D eigenvalue weighted by atomic mass is 16.3. The van der Waals surface area contributed by atoms with Gasteiger partial charge in [-0.15, -0.1) is 0 Å². The summed E-state index contributed by atoms with van der Waals surface area (Å²) in [6.07, 6.45) is 0. The van der Waals surface area contributed by atoms with Crippen molar-refractivity contribution in [3.63, 3.8) is 0 Å². The Morgan fingerprint density at radius 3 is 1.49 bits per heavy atom. The molecule has 0 unspecified atom stereocenters. The first-order valence-electron chi connectivity index (χ1n) is 15.0. The number of furan rings is 1. The van der Waals surface area contributed by atoms with Gasteiger partial charge in [0, 0.05) is 32.8 Å². The molecular formula is C41H25N3O. The Hall–Kier alpha value is -6.13. The van der Waals surface area contributed by atoms with Crippen LogP contribution in [0.4, 0.5) is 0 Å². The lowest BCUT2D eigenvalue weighted by molar-refractivity contribution is 0.672. The van der Waals surface area contributed by atoms with Crippen LogP contribution in [0.15, 0.2) is 156 Å². The lowest BCUT2D eigenvalue weighted by Crippen LogP contribution is -2.00. The van der Waals surface area contributed by atoms with Gasteiger partial charge >= 0.3 is 0 Å². The molecule has 0 atom stereocenters. The minimum absolute atomic E-state index is 0.646. The van der Waals surface area contributed by atoms with Gasteiger partial charge in [0.25, 0.3) is 0 Å². The van der Waals surface area contributed by atoms with Gasteiger partial charge in [-0.2, -0.15) is 0 Å². The number of hydrogen-bond donors (Lipinski definition) is 0. The zero-order valence-electron chi connectivity index (χ0n) is 24.2. The van der Waals surface area contributed by atoms with Gasteiger partial charge in [0.15, 0.2) is 17.5 Å². The molecule has 0 amide bonds. The van der Waals surface area contributed by atoms with Crippen LogP contribution in [0, 0.1) is 0 Å². The second-order valence-corrected chi connectivity index (χ2v) is 11.2. The van der Waals surface area contributed by atoms with Crippen molar-refractivity contribution in [1.29, 1.82) is 0 Å². The maximum Gasteiger partial charge on any atom is 0.164 e. The van der Waals surface area contributed by atoms with Crippen LogP contribution < -0.4 is 0 Å². The van der Waals surface area contributed by atoms with Crippen LogP contribution >= 0.6 is 0 Å². The second-order valence-electron chi connectivity index (χ2n) is 11.2. The fourth-order valence-corrected chi connectivity index (χ4v) is 6.43. The van der Waals surface area contributed by atoms with Gasteiger partial charge in [-0.25, -0.2) is 15.0 Å². The van der Waals surface area contributed by atoms with E-state index in [0.717, 1.165) is 71.3 Å². The van der Waals surface area contributed by atoms with Crippen molar-refractivity contribution in [3.8, 4) is 45.3 Å². The van der Waals surface area contributed by atoms with E-state index in [1.54, 1.807) is 0 Å². The summed E-state index contributed by atoms with van der Waals surface area (Å²) in [5, 5.41) is 6.74. The van der Waals surface area contributed by atoms with E-state index >= 15 is 0 Å². The number of nitrogens with zero attached hydrogens (tertiary/aromatic N) is 3. The van der Waals surface area contributed by atoms with E-state index in [0.29, 0.717) is 17.5 Å². The molecule has 2 aromatic heterocycles. The first kappa shape index (κ1) is 25.4. The summed E-state index contributed by atoms with van der Waals surface area (Å²) in [5.41, 5.74) is 7.00. The summed E-state index contributed by atoms with van der Waals surface area (Å²) >= 11 is 0. The molecule has 0 fully saturated rings. The molecule has 0 saturated carbocycles. The van der Waals surface area contributed by atoms with Crippen LogP contribution in [0.2, 0.25) is 0 Å². The largest absolute Gasteiger partial charge is 0.455 e. The highest BCUT2D eigenvalue weighted by Crippen LogP contribution is 2.41. The van der Waals surface area contributed by atoms with Crippen molar-refractivity contribution < 1.29 is 4.42 Å². The molecule has 0 aliphatic carbocycles.